The van der Waals surface area contributed by atoms with Crippen LogP contribution in [0.1, 0.15) is 42.6 Å². The van der Waals surface area contributed by atoms with Crippen LogP contribution in [-0.4, -0.2) is 4.98 Å². The Hall–Kier alpha value is -1.28. The molecule has 84 valence electrons. The van der Waals surface area contributed by atoms with Crippen LogP contribution < -0.4 is 5.73 Å². The van der Waals surface area contributed by atoms with Crippen LogP contribution in [0.15, 0.2) is 18.2 Å². The smallest absolute Gasteiger partial charge is 0.0492 e. The Morgan fingerprint density at radius 1 is 1.44 bits per heavy atom. The average molecular weight is 214 g/mol. The standard InChI is InChI=1S/C14H18N2/c1-2-9-5-3-6-10-13-11(15)7-4-8-12(13)16-14(9)10/h3,5-6,11,16H,2,4,7-8,15H2,1H3. The Labute approximate surface area is 95.8 Å². The molecule has 1 heterocycles. The Balaban J connectivity index is 2.32. The Kier molecular flexibility index (Phi) is 2.25. The van der Waals surface area contributed by atoms with Crippen molar-refractivity contribution >= 4 is 10.9 Å². The third kappa shape index (κ3) is 1.30. The SMILES string of the molecule is CCc1cccc2c3c([nH]c12)CCCC3N. The van der Waals surface area contributed by atoms with E-state index in [1.165, 1.54) is 34.1 Å². The number of hydrogen-bond acceptors (Lipinski definition) is 1. The number of nitrogens with two attached hydrogens (primary N) is 1. The van der Waals surface area contributed by atoms with Crippen molar-refractivity contribution < 1.29 is 0 Å². The topological polar surface area (TPSA) is 41.8 Å². The first-order chi connectivity index (χ1) is 7.81. The van der Waals surface area contributed by atoms with Crippen molar-refractivity contribution in [2.24, 2.45) is 5.73 Å². The summed E-state index contributed by atoms with van der Waals surface area (Å²) in [5.41, 5.74) is 11.7. The maximum atomic E-state index is 6.23. The van der Waals surface area contributed by atoms with E-state index >= 15 is 0 Å². The second-order valence-electron chi connectivity index (χ2n) is 4.71. The van der Waals surface area contributed by atoms with Crippen LogP contribution in [0.25, 0.3) is 10.9 Å². The zero-order valence-corrected chi connectivity index (χ0v) is 9.72. The lowest BCUT2D eigenvalue weighted by Crippen LogP contribution is -2.16. The molecule has 1 unspecified atom stereocenters. The molecule has 2 aromatic rings. The van der Waals surface area contributed by atoms with Crippen molar-refractivity contribution in [1.82, 2.24) is 4.98 Å². The van der Waals surface area contributed by atoms with Gasteiger partial charge in [0.05, 0.1) is 0 Å². The third-order valence-corrected chi connectivity index (χ3v) is 3.74. The molecule has 3 rings (SSSR count). The molecule has 0 fully saturated rings. The fourth-order valence-electron chi connectivity index (χ4n) is 2.91. The summed E-state index contributed by atoms with van der Waals surface area (Å²) >= 11 is 0. The fraction of sp³-hybridized carbons (Fsp3) is 0.429. The van der Waals surface area contributed by atoms with Gasteiger partial charge in [-0.1, -0.05) is 25.1 Å². The van der Waals surface area contributed by atoms with Crippen molar-refractivity contribution in [2.75, 3.05) is 0 Å². The van der Waals surface area contributed by atoms with Crippen LogP contribution in [0, 0.1) is 0 Å². The van der Waals surface area contributed by atoms with Gasteiger partial charge in [-0.05, 0) is 36.8 Å². The molecular weight excluding hydrogens is 196 g/mol. The summed E-state index contributed by atoms with van der Waals surface area (Å²) in [4.78, 5) is 3.59. The molecule has 0 aliphatic heterocycles. The van der Waals surface area contributed by atoms with Gasteiger partial charge in [-0.2, -0.15) is 0 Å². The molecule has 0 amide bonds. The zero-order valence-electron chi connectivity index (χ0n) is 9.72. The normalized spacial score (nSPS) is 20.0. The van der Waals surface area contributed by atoms with Gasteiger partial charge in [0.2, 0.25) is 0 Å². The van der Waals surface area contributed by atoms with Gasteiger partial charge in [-0.25, -0.2) is 0 Å². The summed E-state index contributed by atoms with van der Waals surface area (Å²) in [6.45, 7) is 2.20. The highest BCUT2D eigenvalue weighted by atomic mass is 14.8. The van der Waals surface area contributed by atoms with Crippen LogP contribution in [-0.2, 0) is 12.8 Å². The lowest BCUT2D eigenvalue weighted by Gasteiger charge is -2.18. The summed E-state index contributed by atoms with van der Waals surface area (Å²) in [6.07, 6.45) is 4.56. The summed E-state index contributed by atoms with van der Waals surface area (Å²) in [5, 5.41) is 1.35. The van der Waals surface area contributed by atoms with E-state index < -0.39 is 0 Å². The highest BCUT2D eigenvalue weighted by Gasteiger charge is 2.22. The zero-order chi connectivity index (χ0) is 11.1. The van der Waals surface area contributed by atoms with Gasteiger partial charge >= 0.3 is 0 Å². The molecule has 1 aliphatic rings. The molecule has 1 aromatic carbocycles. The molecule has 0 saturated carbocycles. The minimum absolute atomic E-state index is 0.226. The number of aryl methyl sites for hydroxylation is 2. The number of aromatic nitrogens is 1. The molecule has 1 atom stereocenters. The van der Waals surface area contributed by atoms with Gasteiger partial charge in [0.15, 0.2) is 0 Å². The predicted molar refractivity (Wildman–Crippen MR) is 67.5 cm³/mol. The van der Waals surface area contributed by atoms with Crippen LogP contribution in [0.3, 0.4) is 0 Å². The van der Waals surface area contributed by atoms with Gasteiger partial charge < -0.3 is 10.7 Å². The molecule has 2 nitrogen and oxygen atoms in total. The highest BCUT2D eigenvalue weighted by Crippen LogP contribution is 2.35. The predicted octanol–water partition coefficient (Wildman–Crippen LogP) is 3.07. The van der Waals surface area contributed by atoms with E-state index in [4.69, 9.17) is 5.73 Å². The van der Waals surface area contributed by atoms with Gasteiger partial charge in [0.25, 0.3) is 0 Å². The van der Waals surface area contributed by atoms with Crippen LogP contribution in [0.4, 0.5) is 0 Å². The first kappa shape index (κ1) is 9.91. The number of fused-ring (bicyclic) bond motifs is 3. The molecule has 2 heteroatoms. The van der Waals surface area contributed by atoms with Gasteiger partial charge in [-0.3, -0.25) is 0 Å². The number of rotatable bonds is 1. The van der Waals surface area contributed by atoms with Crippen LogP contribution in [0.5, 0.6) is 0 Å². The number of nitrogens with one attached hydrogen (secondary N) is 1. The van der Waals surface area contributed by atoms with Crippen molar-refractivity contribution in [1.29, 1.82) is 0 Å². The van der Waals surface area contributed by atoms with E-state index in [9.17, 15) is 0 Å². The van der Waals surface area contributed by atoms with E-state index in [0.29, 0.717) is 0 Å². The Bertz CT molecular complexity index is 525. The maximum absolute atomic E-state index is 6.23. The van der Waals surface area contributed by atoms with Crippen molar-refractivity contribution in [2.45, 2.75) is 38.6 Å². The van der Waals surface area contributed by atoms with Gasteiger partial charge in [0.1, 0.15) is 0 Å². The summed E-state index contributed by atoms with van der Waals surface area (Å²) in [5.74, 6) is 0. The van der Waals surface area contributed by atoms with Crippen molar-refractivity contribution in [3.05, 3.63) is 35.0 Å². The first-order valence-electron chi connectivity index (χ1n) is 6.19. The molecular formula is C14H18N2. The van der Waals surface area contributed by atoms with Gasteiger partial charge in [-0.15, -0.1) is 0 Å². The molecule has 1 aliphatic carbocycles. The van der Waals surface area contributed by atoms with E-state index in [2.05, 4.69) is 30.1 Å². The molecule has 0 saturated heterocycles. The molecule has 16 heavy (non-hydrogen) atoms. The number of hydrogen-bond donors (Lipinski definition) is 2. The van der Waals surface area contributed by atoms with E-state index in [0.717, 1.165) is 19.3 Å². The lowest BCUT2D eigenvalue weighted by molar-refractivity contribution is 0.569. The minimum atomic E-state index is 0.226. The Morgan fingerprint density at radius 3 is 3.12 bits per heavy atom. The largest absolute Gasteiger partial charge is 0.358 e. The maximum Gasteiger partial charge on any atom is 0.0492 e. The molecule has 0 spiro atoms. The first-order valence-corrected chi connectivity index (χ1v) is 6.19. The molecule has 1 aromatic heterocycles. The molecule has 3 N–H and O–H groups in total. The summed E-state index contributed by atoms with van der Waals surface area (Å²) < 4.78 is 0. The lowest BCUT2D eigenvalue weighted by atomic mass is 9.91. The average Bonchev–Trinajstić information content (AvgIpc) is 2.68. The van der Waals surface area contributed by atoms with Crippen LogP contribution >= 0.6 is 0 Å². The monoisotopic (exact) mass is 214 g/mol. The Morgan fingerprint density at radius 2 is 2.31 bits per heavy atom. The van der Waals surface area contributed by atoms with E-state index in [1.807, 2.05) is 0 Å². The summed E-state index contributed by atoms with van der Waals surface area (Å²) in [6, 6.07) is 6.78. The van der Waals surface area contributed by atoms with E-state index in [1.54, 1.807) is 0 Å². The third-order valence-electron chi connectivity index (χ3n) is 3.74. The van der Waals surface area contributed by atoms with Crippen molar-refractivity contribution in [3.8, 4) is 0 Å². The second-order valence-corrected chi connectivity index (χ2v) is 4.71. The van der Waals surface area contributed by atoms with Gasteiger partial charge in [0, 0.05) is 22.6 Å². The second kappa shape index (κ2) is 3.63. The number of H-pyrrole nitrogens is 1. The van der Waals surface area contributed by atoms with Crippen LogP contribution in [0.2, 0.25) is 0 Å². The van der Waals surface area contributed by atoms with E-state index in [-0.39, 0.29) is 6.04 Å². The summed E-state index contributed by atoms with van der Waals surface area (Å²) in [7, 11) is 0. The minimum Gasteiger partial charge on any atom is -0.358 e. The van der Waals surface area contributed by atoms with Crippen molar-refractivity contribution in [3.63, 3.8) is 0 Å². The number of aromatic amines is 1. The highest BCUT2D eigenvalue weighted by molar-refractivity contribution is 5.88. The quantitative estimate of drug-likeness (QED) is 0.752. The molecule has 0 bridgehead atoms. The number of para-hydroxylation sites is 1. The number of benzene rings is 1. The molecule has 0 radical (unpaired) electrons. The fourth-order valence-corrected chi connectivity index (χ4v) is 2.91.